The molecule has 2 heterocycles. The molecule has 0 saturated carbocycles. The molecule has 0 fully saturated rings. The number of hydrogen-bond donors (Lipinski definition) is 2. The maximum Gasteiger partial charge on any atom is 0.358 e. The van der Waals surface area contributed by atoms with Crippen molar-refractivity contribution < 1.29 is 19.1 Å². The van der Waals surface area contributed by atoms with Crippen LogP contribution in [0.2, 0.25) is 0 Å². The molecule has 0 aliphatic carbocycles. The van der Waals surface area contributed by atoms with Crippen molar-refractivity contribution in [3.05, 3.63) is 64.5 Å². The van der Waals surface area contributed by atoms with Gasteiger partial charge in [0.25, 0.3) is 5.91 Å². The van der Waals surface area contributed by atoms with Crippen LogP contribution in [0.1, 0.15) is 23.0 Å². The summed E-state index contributed by atoms with van der Waals surface area (Å²) < 4.78 is 5.11. The number of benzene rings is 1. The molecular weight excluding hydrogens is 398 g/mol. The van der Waals surface area contributed by atoms with Crippen molar-refractivity contribution in [2.75, 3.05) is 0 Å². The summed E-state index contributed by atoms with van der Waals surface area (Å²) in [5.74, 6) is -1.43. The fourth-order valence-corrected chi connectivity index (χ4v) is 3.79. The van der Waals surface area contributed by atoms with Gasteiger partial charge in [0.2, 0.25) is 0 Å². The molecule has 0 bridgehead atoms. The second-order valence-corrected chi connectivity index (χ2v) is 7.53. The lowest BCUT2D eigenvalue weighted by atomic mass is 10.2. The number of amides is 3. The van der Waals surface area contributed by atoms with E-state index in [0.717, 1.165) is 10.4 Å². The third kappa shape index (κ3) is 5.24. The van der Waals surface area contributed by atoms with Gasteiger partial charge >= 0.3 is 12.0 Å². The van der Waals surface area contributed by atoms with Crippen LogP contribution >= 0.6 is 22.7 Å². The van der Waals surface area contributed by atoms with Crippen LogP contribution in [0, 0.1) is 0 Å². The van der Waals surface area contributed by atoms with Gasteiger partial charge in [0.1, 0.15) is 5.01 Å². The van der Waals surface area contributed by atoms with E-state index in [1.165, 1.54) is 29.6 Å². The van der Waals surface area contributed by atoms with Crippen molar-refractivity contribution >= 4 is 40.6 Å². The molecular formula is C19H17N3O4S2. The van der Waals surface area contributed by atoms with E-state index >= 15 is 0 Å². The van der Waals surface area contributed by atoms with Gasteiger partial charge in [0, 0.05) is 11.9 Å². The Labute approximate surface area is 169 Å². The second kappa shape index (κ2) is 9.25. The number of esters is 1. The zero-order valence-corrected chi connectivity index (χ0v) is 16.5. The summed E-state index contributed by atoms with van der Waals surface area (Å²) in [5, 5.41) is 8.93. The molecule has 0 aliphatic heterocycles. The molecule has 1 aromatic carbocycles. The number of nitrogens with one attached hydrogen (secondary N) is 2. The average Bonchev–Trinajstić information content (AvgIpc) is 3.38. The molecule has 0 radical (unpaired) electrons. The molecule has 7 nitrogen and oxygen atoms in total. The van der Waals surface area contributed by atoms with Crippen LogP contribution in [-0.4, -0.2) is 29.0 Å². The first kappa shape index (κ1) is 19.7. The summed E-state index contributed by atoms with van der Waals surface area (Å²) in [6.45, 7) is 1.67. The van der Waals surface area contributed by atoms with E-state index in [0.29, 0.717) is 5.01 Å². The van der Waals surface area contributed by atoms with Crippen LogP contribution < -0.4 is 10.6 Å². The molecule has 144 valence electrons. The largest absolute Gasteiger partial charge is 0.448 e. The molecule has 0 spiro atoms. The summed E-state index contributed by atoms with van der Waals surface area (Å²) in [7, 11) is 0. The quantitative estimate of drug-likeness (QED) is 0.601. The van der Waals surface area contributed by atoms with Gasteiger partial charge in [-0.15, -0.1) is 22.7 Å². The van der Waals surface area contributed by atoms with Crippen LogP contribution in [0.5, 0.6) is 0 Å². The normalized spacial score (nSPS) is 11.5. The number of rotatable bonds is 6. The standard InChI is InChI=1S/C19H17N3O4S2/c1-12(16(23)22-19(25)20-10-13-6-3-2-4-7-13)26-18(24)14-11-28-17(21-14)15-8-5-9-27-15/h2-9,11-12H,10H2,1H3,(H2,20,22,23,25)/t12-/m1/s1. The van der Waals surface area contributed by atoms with Gasteiger partial charge in [-0.1, -0.05) is 36.4 Å². The van der Waals surface area contributed by atoms with E-state index < -0.39 is 24.0 Å². The monoisotopic (exact) mass is 415 g/mol. The van der Waals surface area contributed by atoms with Gasteiger partial charge in [-0.05, 0) is 23.9 Å². The van der Waals surface area contributed by atoms with Gasteiger partial charge in [-0.2, -0.15) is 0 Å². The third-order valence-corrected chi connectivity index (χ3v) is 5.51. The Hall–Kier alpha value is -3.04. The number of carbonyl (C=O) groups excluding carboxylic acids is 3. The zero-order valence-electron chi connectivity index (χ0n) is 14.9. The van der Waals surface area contributed by atoms with Gasteiger partial charge in [0.05, 0.1) is 4.88 Å². The fraction of sp³-hybridized carbons (Fsp3) is 0.158. The number of carbonyl (C=O) groups is 3. The van der Waals surface area contributed by atoms with Gasteiger partial charge < -0.3 is 10.1 Å². The number of imide groups is 1. The maximum atomic E-state index is 12.2. The highest BCUT2D eigenvalue weighted by atomic mass is 32.1. The van der Waals surface area contributed by atoms with Crippen LogP contribution in [0.3, 0.4) is 0 Å². The maximum absolute atomic E-state index is 12.2. The minimum Gasteiger partial charge on any atom is -0.448 e. The van der Waals surface area contributed by atoms with Gasteiger partial charge in [-0.25, -0.2) is 14.6 Å². The molecule has 2 N–H and O–H groups in total. The molecule has 0 saturated heterocycles. The summed E-state index contributed by atoms with van der Waals surface area (Å²) in [6, 6.07) is 12.4. The van der Waals surface area contributed by atoms with Crippen molar-refractivity contribution in [1.29, 1.82) is 0 Å². The fourth-order valence-electron chi connectivity index (χ4n) is 2.19. The number of aromatic nitrogens is 1. The minimum absolute atomic E-state index is 0.126. The lowest BCUT2D eigenvalue weighted by Crippen LogP contribution is -2.44. The molecule has 3 rings (SSSR count). The number of urea groups is 1. The highest BCUT2D eigenvalue weighted by Gasteiger charge is 2.22. The van der Waals surface area contributed by atoms with Crippen LogP contribution in [0.25, 0.3) is 9.88 Å². The second-order valence-electron chi connectivity index (χ2n) is 5.72. The predicted molar refractivity (Wildman–Crippen MR) is 107 cm³/mol. The van der Waals surface area contributed by atoms with Crippen LogP contribution in [0.4, 0.5) is 4.79 Å². The lowest BCUT2D eigenvalue weighted by molar-refractivity contribution is -0.127. The van der Waals surface area contributed by atoms with E-state index in [-0.39, 0.29) is 12.2 Å². The number of nitrogens with zero attached hydrogens (tertiary/aromatic N) is 1. The molecule has 3 aromatic rings. The molecule has 28 heavy (non-hydrogen) atoms. The summed E-state index contributed by atoms with van der Waals surface area (Å²) >= 11 is 2.84. The highest BCUT2D eigenvalue weighted by molar-refractivity contribution is 7.20. The first-order chi connectivity index (χ1) is 13.5. The topological polar surface area (TPSA) is 97.4 Å². The van der Waals surface area contributed by atoms with Crippen LogP contribution in [-0.2, 0) is 16.1 Å². The highest BCUT2D eigenvalue weighted by Crippen LogP contribution is 2.28. The van der Waals surface area contributed by atoms with E-state index in [2.05, 4.69) is 15.6 Å². The molecule has 3 amide bonds. The average molecular weight is 415 g/mol. The molecule has 1 atom stereocenters. The first-order valence-corrected chi connectivity index (χ1v) is 10.1. The smallest absolute Gasteiger partial charge is 0.358 e. The van der Waals surface area contributed by atoms with Crippen molar-refractivity contribution in [2.24, 2.45) is 0 Å². The summed E-state index contributed by atoms with van der Waals surface area (Å²) in [6.07, 6.45) is -1.14. The Morgan fingerprint density at radius 2 is 1.89 bits per heavy atom. The Morgan fingerprint density at radius 3 is 2.61 bits per heavy atom. The van der Waals surface area contributed by atoms with E-state index in [9.17, 15) is 14.4 Å². The van der Waals surface area contributed by atoms with Crippen LogP contribution in [0.15, 0.2) is 53.2 Å². The zero-order chi connectivity index (χ0) is 19.9. The summed E-state index contributed by atoms with van der Waals surface area (Å²) in [5.41, 5.74) is 1.02. The SMILES string of the molecule is C[C@@H](OC(=O)c1csc(-c2cccs2)n1)C(=O)NC(=O)NCc1ccccc1. The molecule has 0 aliphatic rings. The Kier molecular flexibility index (Phi) is 6.51. The lowest BCUT2D eigenvalue weighted by Gasteiger charge is -2.12. The van der Waals surface area contributed by atoms with E-state index in [4.69, 9.17) is 4.74 Å². The molecule has 0 unspecified atom stereocenters. The third-order valence-electron chi connectivity index (χ3n) is 3.63. The summed E-state index contributed by atoms with van der Waals surface area (Å²) in [4.78, 5) is 41.3. The number of hydrogen-bond acceptors (Lipinski definition) is 7. The number of thiazole rings is 1. The van der Waals surface area contributed by atoms with Crippen molar-refractivity contribution in [1.82, 2.24) is 15.6 Å². The minimum atomic E-state index is -1.14. The van der Waals surface area contributed by atoms with Crippen molar-refractivity contribution in [3.63, 3.8) is 0 Å². The number of thiophene rings is 1. The Morgan fingerprint density at radius 1 is 1.11 bits per heavy atom. The number of ether oxygens (including phenoxy) is 1. The molecule has 9 heteroatoms. The van der Waals surface area contributed by atoms with E-state index in [1.807, 2.05) is 47.8 Å². The van der Waals surface area contributed by atoms with Crippen molar-refractivity contribution in [2.45, 2.75) is 19.6 Å². The predicted octanol–water partition coefficient (Wildman–Crippen LogP) is 3.44. The first-order valence-electron chi connectivity index (χ1n) is 8.36. The molecule has 2 aromatic heterocycles. The van der Waals surface area contributed by atoms with Crippen molar-refractivity contribution in [3.8, 4) is 9.88 Å². The Balaban J connectivity index is 1.48. The van der Waals surface area contributed by atoms with Gasteiger partial charge in [-0.3, -0.25) is 10.1 Å². The van der Waals surface area contributed by atoms with Gasteiger partial charge in [0.15, 0.2) is 11.8 Å². The Bertz CT molecular complexity index is 955. The van der Waals surface area contributed by atoms with E-state index in [1.54, 1.807) is 5.38 Å².